The van der Waals surface area contributed by atoms with Crippen molar-refractivity contribution in [3.8, 4) is 0 Å². The van der Waals surface area contributed by atoms with E-state index in [1.807, 2.05) is 11.9 Å². The van der Waals surface area contributed by atoms with Gasteiger partial charge < -0.3 is 4.90 Å². The number of nitrogens with zero attached hydrogens (tertiary/aromatic N) is 2. The molecule has 0 aliphatic carbocycles. The average Bonchev–Trinajstić information content (AvgIpc) is 2.38. The predicted molar refractivity (Wildman–Crippen MR) is 78.5 cm³/mol. The minimum absolute atomic E-state index is 0.185. The lowest BCUT2D eigenvalue weighted by Gasteiger charge is -2.32. The molecule has 0 amide bonds. The maximum Gasteiger partial charge on any atom is 0.109 e. The molecule has 0 aromatic carbocycles. The molecule has 1 rings (SSSR count). The van der Waals surface area contributed by atoms with Crippen LogP contribution in [0.5, 0.6) is 0 Å². The second-order valence-corrected chi connectivity index (χ2v) is 7.71. The van der Waals surface area contributed by atoms with Crippen molar-refractivity contribution in [1.29, 1.82) is 0 Å². The molecule has 0 fully saturated rings. The highest BCUT2D eigenvalue weighted by Crippen LogP contribution is 2.47. The van der Waals surface area contributed by atoms with Crippen molar-refractivity contribution in [2.75, 3.05) is 13.3 Å². The first-order valence-electron chi connectivity index (χ1n) is 6.33. The molecule has 1 heterocycles. The van der Waals surface area contributed by atoms with Crippen LogP contribution in [0.4, 0.5) is 0 Å². The quantitative estimate of drug-likeness (QED) is 0.650. The lowest BCUT2D eigenvalue weighted by Crippen LogP contribution is -2.34. The molecular formula is C14H28N2S. The fourth-order valence-corrected chi connectivity index (χ4v) is 3.61. The summed E-state index contributed by atoms with van der Waals surface area (Å²) in [6, 6.07) is 0. The molecular weight excluding hydrogens is 228 g/mol. The summed E-state index contributed by atoms with van der Waals surface area (Å²) in [7, 11) is 2.22. The van der Waals surface area contributed by atoms with Crippen molar-refractivity contribution < 1.29 is 0 Å². The molecule has 0 bridgehead atoms. The van der Waals surface area contributed by atoms with Crippen molar-refractivity contribution in [2.45, 2.75) is 54.6 Å². The molecule has 0 N–H and O–H groups in total. The summed E-state index contributed by atoms with van der Waals surface area (Å²) in [6.45, 7) is 16.1. The van der Waals surface area contributed by atoms with Gasteiger partial charge in [0, 0.05) is 29.8 Å². The molecule has 0 saturated heterocycles. The molecule has 0 saturated carbocycles. The van der Waals surface area contributed by atoms with Crippen molar-refractivity contribution in [1.82, 2.24) is 9.21 Å². The van der Waals surface area contributed by atoms with Gasteiger partial charge in [-0.25, -0.2) is 0 Å². The number of rotatable bonds is 1. The van der Waals surface area contributed by atoms with Crippen LogP contribution in [0, 0.1) is 10.8 Å². The van der Waals surface area contributed by atoms with E-state index in [9.17, 15) is 0 Å². The van der Waals surface area contributed by atoms with Crippen LogP contribution in [-0.2, 0) is 0 Å². The van der Waals surface area contributed by atoms with Gasteiger partial charge in [0.2, 0.25) is 0 Å². The minimum atomic E-state index is 0.185. The highest BCUT2D eigenvalue weighted by atomic mass is 32.2. The molecule has 0 spiro atoms. The fourth-order valence-electron chi connectivity index (χ4n) is 2.62. The van der Waals surface area contributed by atoms with Crippen molar-refractivity contribution in [2.24, 2.45) is 10.8 Å². The molecule has 0 radical (unpaired) electrons. The van der Waals surface area contributed by atoms with Crippen LogP contribution in [0.1, 0.15) is 48.5 Å². The molecule has 0 aromatic rings. The Labute approximate surface area is 112 Å². The third-order valence-electron chi connectivity index (χ3n) is 3.31. The number of hydrogen-bond donors (Lipinski definition) is 0. The Balaban J connectivity index is 3.40. The number of allylic oxidation sites excluding steroid dienone is 2. The van der Waals surface area contributed by atoms with Crippen LogP contribution in [-0.4, -0.2) is 28.7 Å². The topological polar surface area (TPSA) is 6.48 Å². The Morgan fingerprint density at radius 1 is 0.941 bits per heavy atom. The van der Waals surface area contributed by atoms with Crippen LogP contribution in [0.15, 0.2) is 11.4 Å². The molecule has 2 nitrogen and oxygen atoms in total. The summed E-state index contributed by atoms with van der Waals surface area (Å²) in [4.78, 5) is 2.43. The monoisotopic (exact) mass is 256 g/mol. The van der Waals surface area contributed by atoms with Gasteiger partial charge >= 0.3 is 0 Å². The van der Waals surface area contributed by atoms with Gasteiger partial charge in [-0.2, -0.15) is 0 Å². The van der Waals surface area contributed by atoms with Gasteiger partial charge in [0.1, 0.15) is 6.17 Å². The first kappa shape index (κ1) is 14.7. The van der Waals surface area contributed by atoms with Crippen molar-refractivity contribution >= 4 is 11.9 Å². The zero-order valence-electron chi connectivity index (χ0n) is 12.9. The molecule has 100 valence electrons. The highest BCUT2D eigenvalue weighted by molar-refractivity contribution is 7.96. The highest BCUT2D eigenvalue weighted by Gasteiger charge is 2.42. The van der Waals surface area contributed by atoms with E-state index in [0.717, 1.165) is 0 Å². The minimum Gasteiger partial charge on any atom is -0.355 e. The summed E-state index contributed by atoms with van der Waals surface area (Å²) in [6.07, 6.45) is 2.61. The van der Waals surface area contributed by atoms with Gasteiger partial charge in [-0.15, -0.1) is 0 Å². The van der Waals surface area contributed by atoms with E-state index in [1.54, 1.807) is 0 Å². The normalized spacial score (nSPS) is 22.8. The van der Waals surface area contributed by atoms with Gasteiger partial charge in [0.05, 0.1) is 5.70 Å². The predicted octanol–water partition coefficient (Wildman–Crippen LogP) is 4.16. The van der Waals surface area contributed by atoms with E-state index in [2.05, 4.69) is 71.0 Å². The maximum atomic E-state index is 2.46. The van der Waals surface area contributed by atoms with Crippen LogP contribution >= 0.6 is 11.9 Å². The average molecular weight is 256 g/mol. The van der Waals surface area contributed by atoms with Crippen LogP contribution in [0.3, 0.4) is 0 Å². The lowest BCUT2D eigenvalue weighted by molar-refractivity contribution is 0.228. The Hall–Kier alpha value is -0.310. The maximum absolute atomic E-state index is 2.46. The van der Waals surface area contributed by atoms with Crippen LogP contribution < -0.4 is 0 Å². The second-order valence-electron chi connectivity index (χ2n) is 6.95. The molecule has 3 heteroatoms. The van der Waals surface area contributed by atoms with Gasteiger partial charge in [0.15, 0.2) is 0 Å². The Kier molecular flexibility index (Phi) is 3.83. The molecule has 0 aromatic heterocycles. The van der Waals surface area contributed by atoms with E-state index in [0.29, 0.717) is 6.17 Å². The number of hydrogen-bond acceptors (Lipinski definition) is 3. The molecule has 1 aliphatic heterocycles. The Morgan fingerprint density at radius 2 is 1.35 bits per heavy atom. The van der Waals surface area contributed by atoms with Gasteiger partial charge in [-0.3, -0.25) is 4.31 Å². The van der Waals surface area contributed by atoms with Crippen LogP contribution in [0.2, 0.25) is 0 Å². The van der Waals surface area contributed by atoms with Crippen molar-refractivity contribution in [3.05, 3.63) is 11.4 Å². The van der Waals surface area contributed by atoms with E-state index >= 15 is 0 Å². The zero-order chi connectivity index (χ0) is 13.6. The summed E-state index contributed by atoms with van der Waals surface area (Å²) in [5.74, 6) is 0. The summed E-state index contributed by atoms with van der Waals surface area (Å²) < 4.78 is 2.46. The first-order chi connectivity index (χ1) is 7.51. The van der Waals surface area contributed by atoms with Crippen LogP contribution in [0.25, 0.3) is 0 Å². The van der Waals surface area contributed by atoms with E-state index in [1.165, 1.54) is 11.4 Å². The smallest absolute Gasteiger partial charge is 0.109 e. The molecule has 1 atom stereocenters. The van der Waals surface area contributed by atoms with Crippen molar-refractivity contribution in [3.63, 3.8) is 0 Å². The summed E-state index contributed by atoms with van der Waals surface area (Å²) in [5, 5.41) is 0. The second kappa shape index (κ2) is 4.42. The van der Waals surface area contributed by atoms with E-state index < -0.39 is 0 Å². The fraction of sp³-hybridized carbons (Fsp3) is 0.857. The Bertz CT molecular complexity index is 320. The third kappa shape index (κ3) is 2.59. The summed E-state index contributed by atoms with van der Waals surface area (Å²) >= 11 is 1.83. The third-order valence-corrected chi connectivity index (χ3v) is 4.20. The largest absolute Gasteiger partial charge is 0.355 e. The molecule has 17 heavy (non-hydrogen) atoms. The van der Waals surface area contributed by atoms with Gasteiger partial charge in [-0.05, 0) is 6.92 Å². The Morgan fingerprint density at radius 3 is 1.65 bits per heavy atom. The standard InChI is InChI=1S/C14H28N2S/c1-10-15(8)11(13(2,3)4)12(14(5,6)7)16(10)17-9/h10H,1-9H3. The van der Waals surface area contributed by atoms with E-state index in [-0.39, 0.29) is 10.8 Å². The molecule has 1 aliphatic rings. The SMILES string of the molecule is CSN1C(C(C)(C)C)=C(C(C)(C)C)N(C)C1C. The zero-order valence-corrected chi connectivity index (χ0v) is 13.7. The molecule has 1 unspecified atom stereocenters. The first-order valence-corrected chi connectivity index (χ1v) is 7.51. The van der Waals surface area contributed by atoms with Gasteiger partial charge in [-0.1, -0.05) is 53.5 Å². The summed E-state index contributed by atoms with van der Waals surface area (Å²) in [5.41, 5.74) is 3.33. The lowest BCUT2D eigenvalue weighted by atomic mass is 9.82. The van der Waals surface area contributed by atoms with E-state index in [4.69, 9.17) is 0 Å². The van der Waals surface area contributed by atoms with Gasteiger partial charge in [0.25, 0.3) is 0 Å².